The Morgan fingerprint density at radius 3 is 2.90 bits per heavy atom. The van der Waals surface area contributed by atoms with Gasteiger partial charge in [0.15, 0.2) is 0 Å². The summed E-state index contributed by atoms with van der Waals surface area (Å²) in [5.74, 6) is 0.891. The van der Waals surface area contributed by atoms with Gasteiger partial charge in [-0.2, -0.15) is 0 Å². The van der Waals surface area contributed by atoms with Crippen LogP contribution in [0.25, 0.3) is 11.0 Å². The summed E-state index contributed by atoms with van der Waals surface area (Å²) in [6, 6.07) is 17.9. The Morgan fingerprint density at radius 1 is 1.24 bits per heavy atom. The number of amides is 1. The molecule has 1 aliphatic carbocycles. The molecule has 2 aromatic carbocycles. The van der Waals surface area contributed by atoms with Gasteiger partial charge in [-0.15, -0.1) is 0 Å². The summed E-state index contributed by atoms with van der Waals surface area (Å²) in [7, 11) is 1.80. The summed E-state index contributed by atoms with van der Waals surface area (Å²) < 4.78 is 12.6. The highest BCUT2D eigenvalue weighted by Gasteiger charge is 2.63. The molecule has 0 spiro atoms. The molecule has 3 N–H and O–H groups in total. The van der Waals surface area contributed by atoms with E-state index in [9.17, 15) is 4.79 Å². The predicted octanol–water partition coefficient (Wildman–Crippen LogP) is 3.62. The molecule has 1 amide bonds. The van der Waals surface area contributed by atoms with Crippen molar-refractivity contribution in [2.75, 3.05) is 20.2 Å². The lowest BCUT2D eigenvalue weighted by Gasteiger charge is -2.51. The first-order valence-electron chi connectivity index (χ1n) is 10.2. The molecule has 3 atom stereocenters. The van der Waals surface area contributed by atoms with Gasteiger partial charge >= 0.3 is 0 Å². The molecule has 2 heterocycles. The van der Waals surface area contributed by atoms with Crippen LogP contribution in [0.1, 0.15) is 34.5 Å². The molecule has 1 aromatic heterocycles. The largest absolute Gasteiger partial charge is 0.461 e. The van der Waals surface area contributed by atoms with Gasteiger partial charge in [-0.1, -0.05) is 30.3 Å². The van der Waals surface area contributed by atoms with Gasteiger partial charge in [0.1, 0.15) is 16.9 Å². The number of primary amides is 1. The van der Waals surface area contributed by atoms with E-state index in [0.717, 1.165) is 54.6 Å². The van der Waals surface area contributed by atoms with Crippen molar-refractivity contribution >= 4 is 16.9 Å². The van der Waals surface area contributed by atoms with E-state index in [-0.39, 0.29) is 5.41 Å². The van der Waals surface area contributed by atoms with Crippen LogP contribution in [0.2, 0.25) is 0 Å². The van der Waals surface area contributed by atoms with Crippen LogP contribution in [0, 0.1) is 11.3 Å². The van der Waals surface area contributed by atoms with E-state index in [4.69, 9.17) is 14.9 Å². The second-order valence-corrected chi connectivity index (χ2v) is 8.46. The third kappa shape index (κ3) is 2.65. The number of carbonyl (C=O) groups is 1. The minimum Gasteiger partial charge on any atom is -0.461 e. The van der Waals surface area contributed by atoms with Crippen LogP contribution >= 0.6 is 0 Å². The van der Waals surface area contributed by atoms with Crippen LogP contribution in [0.15, 0.2) is 59.0 Å². The van der Waals surface area contributed by atoms with Crippen molar-refractivity contribution in [1.29, 1.82) is 0 Å². The molecule has 150 valence electrons. The number of ether oxygens (including phenoxy) is 1. The lowest BCUT2D eigenvalue weighted by atomic mass is 9.63. The van der Waals surface area contributed by atoms with E-state index in [1.807, 2.05) is 30.3 Å². The quantitative estimate of drug-likeness (QED) is 0.698. The SMILES string of the molecule is COC1(c2cccc(C(N)=O)c2)C2CCC1(Cc1cc3ccccc3o1)CNC2. The second kappa shape index (κ2) is 6.71. The average molecular weight is 390 g/mol. The number of para-hydroxylation sites is 1. The van der Waals surface area contributed by atoms with Gasteiger partial charge in [-0.05, 0) is 42.7 Å². The topological polar surface area (TPSA) is 77.5 Å². The number of furan rings is 1. The van der Waals surface area contributed by atoms with Crippen LogP contribution in [-0.2, 0) is 16.8 Å². The van der Waals surface area contributed by atoms with Gasteiger partial charge in [0.2, 0.25) is 5.91 Å². The van der Waals surface area contributed by atoms with Crippen molar-refractivity contribution in [3.05, 3.63) is 71.5 Å². The molecule has 3 unspecified atom stereocenters. The molecule has 1 saturated carbocycles. The molecule has 5 nitrogen and oxygen atoms in total. The van der Waals surface area contributed by atoms with Crippen LogP contribution in [0.4, 0.5) is 0 Å². The zero-order valence-electron chi connectivity index (χ0n) is 16.6. The molecule has 2 bridgehead atoms. The smallest absolute Gasteiger partial charge is 0.248 e. The first-order valence-corrected chi connectivity index (χ1v) is 10.2. The fourth-order valence-electron chi connectivity index (χ4n) is 5.91. The van der Waals surface area contributed by atoms with Crippen LogP contribution in [-0.4, -0.2) is 26.1 Å². The standard InChI is InChI=1S/C24H26N2O3/c1-28-24(18-7-4-6-17(11-18)22(25)27)19-9-10-23(24,15-26-14-19)13-20-12-16-5-2-3-8-21(16)29-20/h2-8,11-12,19,26H,9-10,13-15H2,1H3,(H2,25,27). The maximum Gasteiger partial charge on any atom is 0.248 e. The molecule has 29 heavy (non-hydrogen) atoms. The molecule has 2 aliphatic rings. The molecular weight excluding hydrogens is 364 g/mol. The minimum absolute atomic E-state index is 0.158. The number of hydrogen-bond acceptors (Lipinski definition) is 4. The maximum atomic E-state index is 11.8. The van der Waals surface area contributed by atoms with Gasteiger partial charge in [-0.25, -0.2) is 0 Å². The van der Waals surface area contributed by atoms with Crippen molar-refractivity contribution in [3.63, 3.8) is 0 Å². The number of hydrogen-bond donors (Lipinski definition) is 2. The van der Waals surface area contributed by atoms with Crippen LogP contribution in [0.3, 0.4) is 0 Å². The summed E-state index contributed by atoms with van der Waals surface area (Å²) in [4.78, 5) is 11.8. The Kier molecular flexibility index (Phi) is 4.26. The van der Waals surface area contributed by atoms with Crippen molar-refractivity contribution < 1.29 is 13.9 Å². The summed E-state index contributed by atoms with van der Waals surface area (Å²) in [6.45, 7) is 1.74. The number of rotatable bonds is 5. The first kappa shape index (κ1) is 18.4. The van der Waals surface area contributed by atoms with E-state index in [1.54, 1.807) is 13.2 Å². The van der Waals surface area contributed by atoms with Gasteiger partial charge < -0.3 is 20.2 Å². The number of methoxy groups -OCH3 is 1. The molecule has 2 fully saturated rings. The highest BCUT2D eigenvalue weighted by molar-refractivity contribution is 5.93. The summed E-state index contributed by atoms with van der Waals surface area (Å²) in [5.41, 5.74) is 7.41. The number of fused-ring (bicyclic) bond motifs is 3. The van der Waals surface area contributed by atoms with Crippen molar-refractivity contribution in [2.24, 2.45) is 17.1 Å². The maximum absolute atomic E-state index is 11.8. The Labute approximate surface area is 170 Å². The van der Waals surface area contributed by atoms with E-state index in [1.165, 1.54) is 0 Å². The lowest BCUT2D eigenvalue weighted by Crippen LogP contribution is -2.59. The van der Waals surface area contributed by atoms with Gasteiger partial charge in [-0.3, -0.25) is 4.79 Å². The normalized spacial score (nSPS) is 28.7. The number of nitrogens with two attached hydrogens (primary N) is 1. The van der Waals surface area contributed by atoms with E-state index < -0.39 is 11.5 Å². The van der Waals surface area contributed by atoms with Crippen LogP contribution in [0.5, 0.6) is 0 Å². The molecule has 5 heteroatoms. The van der Waals surface area contributed by atoms with E-state index in [0.29, 0.717) is 11.5 Å². The van der Waals surface area contributed by atoms with Gasteiger partial charge in [0, 0.05) is 48.9 Å². The fraction of sp³-hybridized carbons (Fsp3) is 0.375. The Morgan fingerprint density at radius 2 is 2.10 bits per heavy atom. The fourth-order valence-corrected chi connectivity index (χ4v) is 5.91. The molecular formula is C24H26N2O3. The van der Waals surface area contributed by atoms with Crippen LogP contribution < -0.4 is 11.1 Å². The number of carbonyl (C=O) groups excluding carboxylic acids is 1. The average Bonchev–Trinajstić information content (AvgIpc) is 3.19. The Hall–Kier alpha value is -2.63. The summed E-state index contributed by atoms with van der Waals surface area (Å²) in [6.07, 6.45) is 2.89. The number of benzene rings is 2. The van der Waals surface area contributed by atoms with E-state index >= 15 is 0 Å². The second-order valence-electron chi connectivity index (χ2n) is 8.46. The zero-order valence-corrected chi connectivity index (χ0v) is 16.6. The molecule has 0 radical (unpaired) electrons. The number of nitrogens with one attached hydrogen (secondary N) is 1. The minimum atomic E-state index is -0.483. The van der Waals surface area contributed by atoms with Gasteiger partial charge in [0.05, 0.1) is 0 Å². The first-order chi connectivity index (χ1) is 14.1. The molecule has 3 aromatic rings. The van der Waals surface area contributed by atoms with E-state index in [2.05, 4.69) is 23.5 Å². The molecule has 1 saturated heterocycles. The predicted molar refractivity (Wildman–Crippen MR) is 112 cm³/mol. The third-order valence-corrected chi connectivity index (χ3v) is 7.08. The monoisotopic (exact) mass is 390 g/mol. The van der Waals surface area contributed by atoms with Gasteiger partial charge in [0.25, 0.3) is 0 Å². The molecule has 5 rings (SSSR count). The third-order valence-electron chi connectivity index (χ3n) is 7.08. The Bertz CT molecular complexity index is 1040. The lowest BCUT2D eigenvalue weighted by molar-refractivity contribution is -0.144. The highest BCUT2D eigenvalue weighted by Crippen LogP contribution is 2.61. The highest BCUT2D eigenvalue weighted by atomic mass is 16.5. The Balaban J connectivity index is 1.62. The van der Waals surface area contributed by atoms with Crippen molar-refractivity contribution in [2.45, 2.75) is 24.9 Å². The van der Waals surface area contributed by atoms with Crippen molar-refractivity contribution in [1.82, 2.24) is 5.32 Å². The summed E-state index contributed by atoms with van der Waals surface area (Å²) >= 11 is 0. The number of piperidine rings is 1. The van der Waals surface area contributed by atoms with Crippen molar-refractivity contribution in [3.8, 4) is 0 Å². The molecule has 1 aliphatic heterocycles. The zero-order chi connectivity index (χ0) is 20.1. The summed E-state index contributed by atoms with van der Waals surface area (Å²) in [5, 5.41) is 4.75.